The molecule has 2 aromatic carbocycles. The molecule has 0 aliphatic carbocycles. The molecule has 0 radical (unpaired) electrons. The van der Waals surface area contributed by atoms with Crippen LogP contribution in [0.1, 0.15) is 28.3 Å². The zero-order chi connectivity index (χ0) is 24.1. The van der Waals surface area contributed by atoms with Gasteiger partial charge in [0.25, 0.3) is 16.0 Å². The quantitative estimate of drug-likeness (QED) is 0.407. The number of likely N-dealkylation sites (tertiary alicyclic amines) is 1. The first-order chi connectivity index (χ1) is 16.3. The Hall–Kier alpha value is -3.02. The minimum absolute atomic E-state index is 0.0417. The molecule has 1 aromatic heterocycles. The van der Waals surface area contributed by atoms with Gasteiger partial charge in [0.2, 0.25) is 0 Å². The van der Waals surface area contributed by atoms with Crippen LogP contribution in [0.2, 0.25) is 5.02 Å². The SMILES string of the molecule is CS(=O)(=O)O[C@H](COc1ccc(C(=O)N2CC[C@H](c3ccc(Cl)cc3)C2)cc1)Cn1cnnn1. The Bertz CT molecular complexity index is 1200. The molecule has 0 unspecified atom stereocenters. The minimum atomic E-state index is -3.70. The van der Waals surface area contributed by atoms with Crippen molar-refractivity contribution in [2.75, 3.05) is 26.0 Å². The third-order valence-corrected chi connectivity index (χ3v) is 6.32. The monoisotopic (exact) mass is 505 g/mol. The second-order valence-corrected chi connectivity index (χ2v) is 10.1. The normalized spacial score (nSPS) is 17.0. The van der Waals surface area contributed by atoms with Crippen molar-refractivity contribution in [1.82, 2.24) is 25.1 Å². The number of halogens is 1. The molecular formula is C22H24ClN5O5S. The van der Waals surface area contributed by atoms with E-state index >= 15 is 0 Å². The summed E-state index contributed by atoms with van der Waals surface area (Å²) in [4.78, 5) is 14.8. The number of amides is 1. The summed E-state index contributed by atoms with van der Waals surface area (Å²) in [6.07, 6.45) is 2.40. The standard InChI is InChI=1S/C22H24ClN5O5S/c1-34(30,31)33-21(13-28-15-24-25-26-28)14-32-20-8-4-17(5-9-20)22(29)27-11-10-18(12-27)16-2-6-19(23)7-3-16/h2-9,15,18,21H,10-14H2,1H3/t18-,21-/m0/s1. The number of ether oxygens (including phenoxy) is 1. The predicted octanol–water partition coefficient (Wildman–Crippen LogP) is 2.38. The summed E-state index contributed by atoms with van der Waals surface area (Å²) in [5.74, 6) is 0.728. The predicted molar refractivity (Wildman–Crippen MR) is 124 cm³/mol. The van der Waals surface area contributed by atoms with Crippen LogP contribution in [0.25, 0.3) is 0 Å². The molecule has 0 bridgehead atoms. The van der Waals surface area contributed by atoms with Crippen molar-refractivity contribution in [3.63, 3.8) is 0 Å². The van der Waals surface area contributed by atoms with Crippen LogP contribution in [0, 0.1) is 0 Å². The topological polar surface area (TPSA) is 117 Å². The van der Waals surface area contributed by atoms with E-state index in [1.165, 1.54) is 16.6 Å². The number of hydrogen-bond donors (Lipinski definition) is 0. The molecule has 1 saturated heterocycles. The van der Waals surface area contributed by atoms with E-state index in [1.54, 1.807) is 24.3 Å². The third kappa shape index (κ3) is 6.52. The van der Waals surface area contributed by atoms with Gasteiger partial charge in [-0.15, -0.1) is 5.10 Å². The molecule has 10 nitrogen and oxygen atoms in total. The maximum Gasteiger partial charge on any atom is 0.264 e. The Balaban J connectivity index is 1.33. The smallest absolute Gasteiger partial charge is 0.264 e. The van der Waals surface area contributed by atoms with Crippen molar-refractivity contribution in [2.24, 2.45) is 0 Å². The molecule has 0 saturated carbocycles. The lowest BCUT2D eigenvalue weighted by Gasteiger charge is -2.18. The maximum absolute atomic E-state index is 12.9. The molecule has 2 heterocycles. The number of benzene rings is 2. The fourth-order valence-electron chi connectivity index (χ4n) is 3.85. The molecule has 1 aliphatic rings. The molecule has 0 N–H and O–H groups in total. The molecule has 1 amide bonds. The molecule has 12 heteroatoms. The van der Waals surface area contributed by atoms with Crippen LogP contribution in [-0.4, -0.2) is 71.5 Å². The van der Waals surface area contributed by atoms with Crippen LogP contribution in [0.5, 0.6) is 5.75 Å². The Morgan fingerprint density at radius 1 is 1.18 bits per heavy atom. The molecule has 4 rings (SSSR count). The number of rotatable bonds is 9. The lowest BCUT2D eigenvalue weighted by molar-refractivity contribution is 0.0790. The zero-order valence-electron chi connectivity index (χ0n) is 18.4. The van der Waals surface area contributed by atoms with Crippen molar-refractivity contribution in [3.8, 4) is 5.75 Å². The van der Waals surface area contributed by atoms with Gasteiger partial charge in [-0.1, -0.05) is 23.7 Å². The van der Waals surface area contributed by atoms with E-state index in [0.717, 1.165) is 12.7 Å². The van der Waals surface area contributed by atoms with Gasteiger partial charge in [-0.3, -0.25) is 8.98 Å². The second kappa shape index (κ2) is 10.5. The summed E-state index contributed by atoms with van der Waals surface area (Å²) in [6.45, 7) is 1.39. The van der Waals surface area contributed by atoms with E-state index in [4.69, 9.17) is 20.5 Å². The van der Waals surface area contributed by atoms with E-state index in [0.29, 0.717) is 29.4 Å². The molecule has 3 aromatic rings. The molecule has 0 spiro atoms. The highest BCUT2D eigenvalue weighted by Crippen LogP contribution is 2.29. The minimum Gasteiger partial charge on any atom is -0.491 e. The van der Waals surface area contributed by atoms with E-state index < -0.39 is 16.2 Å². The molecule has 34 heavy (non-hydrogen) atoms. The molecular weight excluding hydrogens is 482 g/mol. The Morgan fingerprint density at radius 2 is 1.91 bits per heavy atom. The van der Waals surface area contributed by atoms with E-state index in [1.807, 2.05) is 29.2 Å². The van der Waals surface area contributed by atoms with Crippen molar-refractivity contribution in [2.45, 2.75) is 25.0 Å². The van der Waals surface area contributed by atoms with Crippen LogP contribution < -0.4 is 4.74 Å². The summed E-state index contributed by atoms with van der Waals surface area (Å²) in [5, 5.41) is 11.5. The van der Waals surface area contributed by atoms with Gasteiger partial charge < -0.3 is 9.64 Å². The average Bonchev–Trinajstić information content (AvgIpc) is 3.49. The summed E-state index contributed by atoms with van der Waals surface area (Å²) in [6, 6.07) is 14.5. The van der Waals surface area contributed by atoms with Crippen molar-refractivity contribution in [3.05, 3.63) is 71.0 Å². The first-order valence-corrected chi connectivity index (χ1v) is 12.8. The fourth-order valence-corrected chi connectivity index (χ4v) is 4.58. The van der Waals surface area contributed by atoms with Gasteiger partial charge in [0.05, 0.1) is 12.8 Å². The van der Waals surface area contributed by atoms with E-state index in [2.05, 4.69) is 15.5 Å². The summed E-state index contributed by atoms with van der Waals surface area (Å²) < 4.78 is 35.3. The van der Waals surface area contributed by atoms with Gasteiger partial charge in [0.15, 0.2) is 0 Å². The van der Waals surface area contributed by atoms with Gasteiger partial charge in [-0.05, 0) is 58.8 Å². The zero-order valence-corrected chi connectivity index (χ0v) is 20.0. The first-order valence-electron chi connectivity index (χ1n) is 10.6. The summed E-state index contributed by atoms with van der Waals surface area (Å²) in [7, 11) is -3.70. The third-order valence-electron chi connectivity index (χ3n) is 5.45. The Labute approximate surface area is 202 Å². The van der Waals surface area contributed by atoms with Crippen LogP contribution >= 0.6 is 11.6 Å². The van der Waals surface area contributed by atoms with Crippen LogP contribution in [0.15, 0.2) is 54.9 Å². The van der Waals surface area contributed by atoms with E-state index in [-0.39, 0.29) is 25.0 Å². The summed E-state index contributed by atoms with van der Waals surface area (Å²) in [5.41, 5.74) is 1.73. The molecule has 2 atom stereocenters. The van der Waals surface area contributed by atoms with Crippen molar-refractivity contribution in [1.29, 1.82) is 0 Å². The lowest BCUT2D eigenvalue weighted by Crippen LogP contribution is -2.30. The first kappa shape index (κ1) is 24.1. The molecule has 1 aliphatic heterocycles. The number of tetrazole rings is 1. The van der Waals surface area contributed by atoms with Gasteiger partial charge in [-0.25, -0.2) is 4.68 Å². The maximum atomic E-state index is 12.9. The Morgan fingerprint density at radius 3 is 2.56 bits per heavy atom. The largest absolute Gasteiger partial charge is 0.491 e. The highest BCUT2D eigenvalue weighted by Gasteiger charge is 2.28. The second-order valence-electron chi connectivity index (χ2n) is 8.08. The van der Waals surface area contributed by atoms with Gasteiger partial charge in [0, 0.05) is 29.6 Å². The van der Waals surface area contributed by atoms with Crippen LogP contribution in [-0.2, 0) is 20.8 Å². The highest BCUT2D eigenvalue weighted by molar-refractivity contribution is 7.86. The van der Waals surface area contributed by atoms with Gasteiger partial charge in [0.1, 0.15) is 24.8 Å². The lowest BCUT2D eigenvalue weighted by atomic mass is 9.99. The van der Waals surface area contributed by atoms with Gasteiger partial charge in [-0.2, -0.15) is 8.42 Å². The Kier molecular flexibility index (Phi) is 7.44. The average molecular weight is 506 g/mol. The highest BCUT2D eigenvalue weighted by atomic mass is 35.5. The number of hydrogen-bond acceptors (Lipinski definition) is 8. The fraction of sp³-hybridized carbons (Fsp3) is 0.364. The number of carbonyl (C=O) groups excluding carboxylic acids is 1. The summed E-state index contributed by atoms with van der Waals surface area (Å²) >= 11 is 5.97. The van der Waals surface area contributed by atoms with Crippen LogP contribution in [0.4, 0.5) is 0 Å². The number of aromatic nitrogens is 4. The van der Waals surface area contributed by atoms with Crippen LogP contribution in [0.3, 0.4) is 0 Å². The van der Waals surface area contributed by atoms with Crippen molar-refractivity contribution >= 4 is 27.6 Å². The van der Waals surface area contributed by atoms with Gasteiger partial charge >= 0.3 is 0 Å². The molecule has 180 valence electrons. The number of carbonyl (C=O) groups is 1. The van der Waals surface area contributed by atoms with Crippen molar-refractivity contribution < 1.29 is 22.1 Å². The number of nitrogens with zero attached hydrogens (tertiary/aromatic N) is 5. The molecule has 1 fully saturated rings. The van der Waals surface area contributed by atoms with E-state index in [9.17, 15) is 13.2 Å².